The Kier molecular flexibility index (Phi) is 4.70. The van der Waals surface area contributed by atoms with E-state index in [9.17, 15) is 0 Å². The second kappa shape index (κ2) is 6.49. The topological polar surface area (TPSA) is 56.3 Å². The molecule has 0 amide bonds. The van der Waals surface area contributed by atoms with Gasteiger partial charge >= 0.3 is 0 Å². The van der Waals surface area contributed by atoms with Crippen molar-refractivity contribution in [1.29, 1.82) is 0 Å². The van der Waals surface area contributed by atoms with Gasteiger partial charge < -0.3 is 14.8 Å². The Morgan fingerprint density at radius 2 is 2.05 bits per heavy atom. The molecular formula is C13H17N3O2S. The lowest BCUT2D eigenvalue weighted by Crippen LogP contribution is -2.22. The van der Waals surface area contributed by atoms with E-state index in [0.717, 1.165) is 23.6 Å². The molecule has 1 aromatic carbocycles. The molecule has 0 saturated carbocycles. The van der Waals surface area contributed by atoms with Gasteiger partial charge in [-0.1, -0.05) is 13.0 Å². The van der Waals surface area contributed by atoms with Gasteiger partial charge in [-0.15, -0.1) is 0 Å². The van der Waals surface area contributed by atoms with Crippen LogP contribution in [0.2, 0.25) is 0 Å². The summed E-state index contributed by atoms with van der Waals surface area (Å²) < 4.78 is 19.0. The van der Waals surface area contributed by atoms with Gasteiger partial charge in [0, 0.05) is 0 Å². The number of benzene rings is 1. The van der Waals surface area contributed by atoms with Crippen molar-refractivity contribution in [3.8, 4) is 11.5 Å². The van der Waals surface area contributed by atoms with Crippen LogP contribution >= 0.6 is 11.7 Å². The monoisotopic (exact) mass is 279 g/mol. The third kappa shape index (κ3) is 3.02. The van der Waals surface area contributed by atoms with Gasteiger partial charge in [0.25, 0.3) is 0 Å². The highest BCUT2D eigenvalue weighted by molar-refractivity contribution is 6.99. The third-order valence-corrected chi connectivity index (χ3v) is 3.32. The molecule has 1 atom stereocenters. The molecule has 0 aliphatic heterocycles. The molecule has 0 spiro atoms. The Morgan fingerprint density at radius 3 is 2.63 bits per heavy atom. The zero-order valence-electron chi connectivity index (χ0n) is 11.2. The summed E-state index contributed by atoms with van der Waals surface area (Å²) in [7, 11) is 3.26. The summed E-state index contributed by atoms with van der Waals surface area (Å²) in [6, 6.07) is 5.89. The highest BCUT2D eigenvalue weighted by Crippen LogP contribution is 2.31. The van der Waals surface area contributed by atoms with Crippen molar-refractivity contribution in [3.63, 3.8) is 0 Å². The number of hydrogen-bond donors (Lipinski definition) is 1. The first-order valence-corrected chi connectivity index (χ1v) is 6.76. The Balaban J connectivity index is 2.37. The average molecular weight is 279 g/mol. The van der Waals surface area contributed by atoms with E-state index >= 15 is 0 Å². The van der Waals surface area contributed by atoms with Crippen LogP contribution in [0, 0.1) is 0 Å². The highest BCUT2D eigenvalue weighted by atomic mass is 32.1. The van der Waals surface area contributed by atoms with Crippen molar-refractivity contribution in [1.82, 2.24) is 14.1 Å². The molecule has 19 heavy (non-hydrogen) atoms. The quantitative estimate of drug-likeness (QED) is 0.879. The van der Waals surface area contributed by atoms with Crippen LogP contribution in [-0.2, 0) is 0 Å². The predicted molar refractivity (Wildman–Crippen MR) is 75.0 cm³/mol. The molecule has 2 rings (SSSR count). The summed E-state index contributed by atoms with van der Waals surface area (Å²) in [6.45, 7) is 2.91. The SMILES string of the molecule is CCNC(c1ccc(OC)c(OC)c1)c1cnsn1. The van der Waals surface area contributed by atoms with Crippen LogP contribution in [0.1, 0.15) is 24.2 Å². The maximum atomic E-state index is 5.34. The number of aromatic nitrogens is 2. The summed E-state index contributed by atoms with van der Waals surface area (Å²) in [5, 5.41) is 3.40. The van der Waals surface area contributed by atoms with Gasteiger partial charge in [-0.25, -0.2) is 0 Å². The zero-order chi connectivity index (χ0) is 13.7. The number of rotatable bonds is 6. The van der Waals surface area contributed by atoms with Crippen LogP contribution in [0.3, 0.4) is 0 Å². The Bertz CT molecular complexity index is 517. The highest BCUT2D eigenvalue weighted by Gasteiger charge is 2.17. The smallest absolute Gasteiger partial charge is 0.161 e. The van der Waals surface area contributed by atoms with Gasteiger partial charge in [0.1, 0.15) is 0 Å². The van der Waals surface area contributed by atoms with Crippen LogP contribution in [0.5, 0.6) is 11.5 Å². The van der Waals surface area contributed by atoms with Crippen LogP contribution in [0.4, 0.5) is 0 Å². The Hall–Kier alpha value is -1.66. The van der Waals surface area contributed by atoms with E-state index in [0.29, 0.717) is 5.75 Å². The fraction of sp³-hybridized carbons (Fsp3) is 0.385. The lowest BCUT2D eigenvalue weighted by molar-refractivity contribution is 0.354. The number of nitrogens with one attached hydrogen (secondary N) is 1. The Labute approximate surface area is 116 Å². The van der Waals surface area contributed by atoms with Crippen LogP contribution in [0.15, 0.2) is 24.4 Å². The number of ether oxygens (including phenoxy) is 2. The minimum absolute atomic E-state index is 0.0172. The molecule has 0 bridgehead atoms. The molecule has 1 aromatic heterocycles. The molecule has 2 aromatic rings. The van der Waals surface area contributed by atoms with Crippen LogP contribution < -0.4 is 14.8 Å². The van der Waals surface area contributed by atoms with Crippen molar-refractivity contribution in [2.75, 3.05) is 20.8 Å². The third-order valence-electron chi connectivity index (χ3n) is 2.82. The standard InChI is InChI=1S/C13H17N3O2S/c1-4-14-13(10-8-15-19-16-10)9-5-6-11(17-2)12(7-9)18-3/h5-8,13-14H,4H2,1-3H3. The fourth-order valence-electron chi connectivity index (χ4n) is 1.93. The number of nitrogens with zero attached hydrogens (tertiary/aromatic N) is 2. The summed E-state index contributed by atoms with van der Waals surface area (Å²) in [5.41, 5.74) is 1.99. The van der Waals surface area contributed by atoms with Crippen molar-refractivity contribution >= 4 is 11.7 Å². The van der Waals surface area contributed by atoms with Gasteiger partial charge in [0.15, 0.2) is 11.5 Å². The van der Waals surface area contributed by atoms with Gasteiger partial charge in [0.05, 0.1) is 43.9 Å². The average Bonchev–Trinajstić information content (AvgIpc) is 2.98. The van der Waals surface area contributed by atoms with Gasteiger partial charge in [-0.3, -0.25) is 0 Å². The second-order valence-electron chi connectivity index (χ2n) is 3.94. The molecule has 0 aliphatic carbocycles. The van der Waals surface area contributed by atoms with E-state index < -0.39 is 0 Å². The van der Waals surface area contributed by atoms with E-state index in [1.54, 1.807) is 20.4 Å². The van der Waals surface area contributed by atoms with Crippen molar-refractivity contribution in [3.05, 3.63) is 35.7 Å². The molecule has 5 nitrogen and oxygen atoms in total. The van der Waals surface area contributed by atoms with Gasteiger partial charge in [0.2, 0.25) is 0 Å². The van der Waals surface area contributed by atoms with Crippen LogP contribution in [0.25, 0.3) is 0 Å². The zero-order valence-corrected chi connectivity index (χ0v) is 12.0. The summed E-state index contributed by atoms with van der Waals surface area (Å²) in [5.74, 6) is 1.43. The van der Waals surface area contributed by atoms with E-state index in [2.05, 4.69) is 21.0 Å². The Morgan fingerprint density at radius 1 is 1.26 bits per heavy atom. The number of methoxy groups -OCH3 is 2. The van der Waals surface area contributed by atoms with E-state index in [1.807, 2.05) is 18.2 Å². The maximum Gasteiger partial charge on any atom is 0.161 e. The van der Waals surface area contributed by atoms with Crippen molar-refractivity contribution < 1.29 is 9.47 Å². The first-order chi connectivity index (χ1) is 9.30. The van der Waals surface area contributed by atoms with E-state index in [4.69, 9.17) is 9.47 Å². The first kappa shape index (κ1) is 13.8. The number of hydrogen-bond acceptors (Lipinski definition) is 6. The fourth-order valence-corrected chi connectivity index (χ4v) is 2.38. The molecule has 1 N–H and O–H groups in total. The minimum Gasteiger partial charge on any atom is -0.493 e. The van der Waals surface area contributed by atoms with E-state index in [-0.39, 0.29) is 6.04 Å². The van der Waals surface area contributed by atoms with Crippen molar-refractivity contribution in [2.45, 2.75) is 13.0 Å². The molecule has 0 aliphatic rings. The normalized spacial score (nSPS) is 12.2. The minimum atomic E-state index is 0.0172. The molecule has 1 heterocycles. The largest absolute Gasteiger partial charge is 0.493 e. The molecule has 1 unspecified atom stereocenters. The maximum absolute atomic E-state index is 5.34. The predicted octanol–water partition coefficient (Wildman–Crippen LogP) is 2.25. The van der Waals surface area contributed by atoms with Gasteiger partial charge in [-0.05, 0) is 24.2 Å². The molecule has 0 radical (unpaired) electrons. The lowest BCUT2D eigenvalue weighted by Gasteiger charge is -2.17. The molecule has 6 heteroatoms. The summed E-state index contributed by atoms with van der Waals surface area (Å²) in [6.07, 6.45) is 1.79. The first-order valence-electron chi connectivity index (χ1n) is 6.03. The summed E-state index contributed by atoms with van der Waals surface area (Å²) >= 11 is 1.21. The van der Waals surface area contributed by atoms with Crippen molar-refractivity contribution in [2.24, 2.45) is 0 Å². The molecular weight excluding hydrogens is 262 g/mol. The van der Waals surface area contributed by atoms with E-state index in [1.165, 1.54) is 11.7 Å². The summed E-state index contributed by atoms with van der Waals surface area (Å²) in [4.78, 5) is 0. The molecule has 0 fully saturated rings. The van der Waals surface area contributed by atoms with Gasteiger partial charge in [-0.2, -0.15) is 8.75 Å². The van der Waals surface area contributed by atoms with Crippen LogP contribution in [-0.4, -0.2) is 29.5 Å². The molecule has 102 valence electrons. The lowest BCUT2D eigenvalue weighted by atomic mass is 10.0. The second-order valence-corrected chi connectivity index (χ2v) is 4.49. The molecule has 0 saturated heterocycles.